The number of carbonyl (C=O) groups excluding carboxylic acids is 3. The maximum atomic E-state index is 13.3. The molecule has 0 unspecified atom stereocenters. The van der Waals surface area contributed by atoms with Crippen molar-refractivity contribution in [1.82, 2.24) is 20.0 Å². The van der Waals surface area contributed by atoms with Gasteiger partial charge < -0.3 is 20.0 Å². The Bertz CT molecular complexity index is 788. The Balaban J connectivity index is 1.07. The minimum Gasteiger partial charge on any atom is -0.356 e. The van der Waals surface area contributed by atoms with E-state index in [1.807, 2.05) is 9.80 Å². The molecule has 0 aromatic heterocycles. The molecular formula is C26H40N4O3. The summed E-state index contributed by atoms with van der Waals surface area (Å²) in [7, 11) is 0. The molecule has 1 aliphatic carbocycles. The van der Waals surface area contributed by atoms with Crippen LogP contribution < -0.4 is 5.32 Å². The van der Waals surface area contributed by atoms with Crippen molar-refractivity contribution in [3.8, 4) is 0 Å². The van der Waals surface area contributed by atoms with Gasteiger partial charge in [-0.25, -0.2) is 4.79 Å². The van der Waals surface area contributed by atoms with Crippen molar-refractivity contribution in [3.63, 3.8) is 0 Å². The van der Waals surface area contributed by atoms with E-state index in [0.29, 0.717) is 43.3 Å². The number of likely N-dealkylation sites (tertiary alicyclic amines) is 2. The normalized spacial score (nSPS) is 30.5. The van der Waals surface area contributed by atoms with Crippen LogP contribution in [0.1, 0.15) is 70.6 Å². The Kier molecular flexibility index (Phi) is 6.93. The molecule has 0 saturated carbocycles. The molecule has 4 amide bonds. The smallest absolute Gasteiger partial charge is 0.320 e. The number of nitrogens with one attached hydrogen (secondary N) is 1. The molecule has 7 nitrogen and oxygen atoms in total. The molecule has 0 spiro atoms. The molecule has 7 heteroatoms. The molecule has 33 heavy (non-hydrogen) atoms. The van der Waals surface area contributed by atoms with Crippen LogP contribution in [0.15, 0.2) is 11.6 Å². The predicted molar refractivity (Wildman–Crippen MR) is 126 cm³/mol. The van der Waals surface area contributed by atoms with Gasteiger partial charge in [0, 0.05) is 57.6 Å². The van der Waals surface area contributed by atoms with E-state index < -0.39 is 0 Å². The van der Waals surface area contributed by atoms with Crippen molar-refractivity contribution >= 4 is 17.8 Å². The zero-order valence-electron chi connectivity index (χ0n) is 20.0. The third-order valence-corrected chi connectivity index (χ3v) is 8.72. The van der Waals surface area contributed by atoms with Crippen molar-refractivity contribution in [2.45, 2.75) is 76.7 Å². The number of nitrogens with zero attached hydrogens (tertiary/aromatic N) is 3. The first-order valence-electron chi connectivity index (χ1n) is 13.4. The molecule has 3 atom stereocenters. The van der Waals surface area contributed by atoms with E-state index in [1.54, 1.807) is 0 Å². The summed E-state index contributed by atoms with van der Waals surface area (Å²) < 4.78 is 0. The number of rotatable bonds is 4. The fourth-order valence-corrected chi connectivity index (χ4v) is 6.92. The minimum absolute atomic E-state index is 0.0249. The van der Waals surface area contributed by atoms with Gasteiger partial charge in [-0.3, -0.25) is 9.59 Å². The lowest BCUT2D eigenvalue weighted by Gasteiger charge is -2.53. The summed E-state index contributed by atoms with van der Waals surface area (Å²) in [5.74, 6) is 1.34. The Hall–Kier alpha value is -2.05. The Labute approximate surface area is 197 Å². The van der Waals surface area contributed by atoms with E-state index in [9.17, 15) is 14.4 Å². The number of amides is 4. The SMILES string of the molecule is O=C(NCCC1=CCCCC1)C1CCN(C(=O)N2C[C@@H]3C[C@H](C2)[C@H]2CCCC(=O)N2C3)CC1. The van der Waals surface area contributed by atoms with Gasteiger partial charge in [0.2, 0.25) is 11.8 Å². The van der Waals surface area contributed by atoms with Crippen molar-refractivity contribution in [3.05, 3.63) is 11.6 Å². The van der Waals surface area contributed by atoms with Crippen LogP contribution in [0.5, 0.6) is 0 Å². The van der Waals surface area contributed by atoms with Gasteiger partial charge in [0.1, 0.15) is 0 Å². The highest BCUT2D eigenvalue weighted by Gasteiger charge is 2.45. The average molecular weight is 457 g/mol. The lowest BCUT2D eigenvalue weighted by atomic mass is 9.76. The van der Waals surface area contributed by atoms with Crippen LogP contribution >= 0.6 is 0 Å². The molecule has 2 bridgehead atoms. The Morgan fingerprint density at radius 2 is 1.82 bits per heavy atom. The summed E-state index contributed by atoms with van der Waals surface area (Å²) in [6, 6.07) is 0.472. The van der Waals surface area contributed by atoms with Gasteiger partial charge in [-0.1, -0.05) is 11.6 Å². The van der Waals surface area contributed by atoms with Gasteiger partial charge in [-0.15, -0.1) is 0 Å². The van der Waals surface area contributed by atoms with E-state index in [1.165, 1.54) is 31.3 Å². The molecule has 4 aliphatic heterocycles. The first kappa shape index (κ1) is 22.7. The maximum Gasteiger partial charge on any atom is 0.320 e. The van der Waals surface area contributed by atoms with Crippen LogP contribution in [0.25, 0.3) is 0 Å². The van der Waals surface area contributed by atoms with Gasteiger partial charge >= 0.3 is 6.03 Å². The topological polar surface area (TPSA) is 73.0 Å². The molecule has 182 valence electrons. The fourth-order valence-electron chi connectivity index (χ4n) is 6.92. The number of carbonyl (C=O) groups is 3. The number of allylic oxidation sites excluding steroid dienone is 1. The molecule has 5 rings (SSSR count). The average Bonchev–Trinajstić information content (AvgIpc) is 2.85. The monoisotopic (exact) mass is 456 g/mol. The lowest BCUT2D eigenvalue weighted by molar-refractivity contribution is -0.144. The van der Waals surface area contributed by atoms with Gasteiger partial charge in [0.15, 0.2) is 0 Å². The minimum atomic E-state index is 0.0249. The van der Waals surface area contributed by atoms with Crippen molar-refractivity contribution in [2.75, 3.05) is 39.3 Å². The maximum absolute atomic E-state index is 13.3. The summed E-state index contributed by atoms with van der Waals surface area (Å²) in [6.45, 7) is 4.44. The summed E-state index contributed by atoms with van der Waals surface area (Å²) in [5, 5.41) is 3.14. The van der Waals surface area contributed by atoms with E-state index in [2.05, 4.69) is 16.3 Å². The van der Waals surface area contributed by atoms with Gasteiger partial charge in [0.25, 0.3) is 0 Å². The van der Waals surface area contributed by atoms with Gasteiger partial charge in [-0.05, 0) is 76.0 Å². The molecular weight excluding hydrogens is 416 g/mol. The first-order valence-corrected chi connectivity index (χ1v) is 13.4. The van der Waals surface area contributed by atoms with Crippen molar-refractivity contribution < 1.29 is 14.4 Å². The summed E-state index contributed by atoms with van der Waals surface area (Å²) in [5.41, 5.74) is 1.49. The second-order valence-electron chi connectivity index (χ2n) is 11.0. The molecule has 0 aromatic rings. The molecule has 4 heterocycles. The quantitative estimate of drug-likeness (QED) is 0.661. The van der Waals surface area contributed by atoms with Crippen LogP contribution in [0.4, 0.5) is 4.79 Å². The number of fused-ring (bicyclic) bond motifs is 4. The van der Waals surface area contributed by atoms with E-state index in [-0.39, 0.29) is 17.9 Å². The number of hydrogen-bond donors (Lipinski definition) is 1. The standard InChI is InChI=1S/C26H40N4O3/c31-24-8-4-7-23-22-15-20(17-30(23)24)16-29(18-22)26(33)28-13-10-21(11-14-28)25(32)27-12-9-19-5-2-1-3-6-19/h5,20-23H,1-4,6-18H2,(H,27,32)/t20-,22+,23+/m0/s1. The van der Waals surface area contributed by atoms with E-state index in [0.717, 1.165) is 64.7 Å². The lowest BCUT2D eigenvalue weighted by Crippen LogP contribution is -2.62. The molecule has 4 saturated heterocycles. The Morgan fingerprint density at radius 1 is 0.970 bits per heavy atom. The van der Waals surface area contributed by atoms with Crippen LogP contribution in [-0.2, 0) is 9.59 Å². The number of urea groups is 1. The van der Waals surface area contributed by atoms with Crippen molar-refractivity contribution in [1.29, 1.82) is 0 Å². The fraction of sp³-hybridized carbons (Fsp3) is 0.808. The largest absolute Gasteiger partial charge is 0.356 e. The zero-order valence-corrected chi connectivity index (χ0v) is 20.0. The summed E-state index contributed by atoms with van der Waals surface area (Å²) in [6.07, 6.45) is 13.7. The van der Waals surface area contributed by atoms with Gasteiger partial charge in [0.05, 0.1) is 0 Å². The summed E-state index contributed by atoms with van der Waals surface area (Å²) >= 11 is 0. The predicted octanol–water partition coefficient (Wildman–Crippen LogP) is 3.16. The highest BCUT2D eigenvalue weighted by Crippen LogP contribution is 2.38. The second-order valence-corrected chi connectivity index (χ2v) is 11.0. The third-order valence-electron chi connectivity index (χ3n) is 8.72. The molecule has 1 N–H and O–H groups in total. The Morgan fingerprint density at radius 3 is 2.61 bits per heavy atom. The van der Waals surface area contributed by atoms with E-state index >= 15 is 0 Å². The molecule has 0 aromatic carbocycles. The van der Waals surface area contributed by atoms with Gasteiger partial charge in [-0.2, -0.15) is 0 Å². The zero-order chi connectivity index (χ0) is 22.8. The molecule has 4 fully saturated rings. The third kappa shape index (κ3) is 5.07. The number of hydrogen-bond acceptors (Lipinski definition) is 3. The molecule has 5 aliphatic rings. The highest BCUT2D eigenvalue weighted by atomic mass is 16.2. The molecule has 0 radical (unpaired) electrons. The van der Waals surface area contributed by atoms with Crippen LogP contribution in [0.3, 0.4) is 0 Å². The van der Waals surface area contributed by atoms with Crippen molar-refractivity contribution in [2.24, 2.45) is 17.8 Å². The first-order chi connectivity index (χ1) is 16.1. The van der Waals surface area contributed by atoms with Crippen LogP contribution in [0, 0.1) is 17.8 Å². The number of piperidine rings is 4. The summed E-state index contributed by atoms with van der Waals surface area (Å²) in [4.78, 5) is 44.4. The van der Waals surface area contributed by atoms with Crippen LogP contribution in [-0.4, -0.2) is 77.9 Å². The highest BCUT2D eigenvalue weighted by molar-refractivity contribution is 5.80. The second kappa shape index (κ2) is 10.1. The van der Waals surface area contributed by atoms with E-state index in [4.69, 9.17) is 0 Å². The van der Waals surface area contributed by atoms with Crippen LogP contribution in [0.2, 0.25) is 0 Å².